The van der Waals surface area contributed by atoms with Crippen molar-refractivity contribution in [3.63, 3.8) is 0 Å². The number of amides is 1. The van der Waals surface area contributed by atoms with Crippen LogP contribution in [0.5, 0.6) is 0 Å². The Kier molecular flexibility index (Phi) is 4.24. The van der Waals surface area contributed by atoms with Gasteiger partial charge >= 0.3 is 0 Å². The van der Waals surface area contributed by atoms with Gasteiger partial charge in [-0.15, -0.1) is 0 Å². The van der Waals surface area contributed by atoms with Crippen molar-refractivity contribution in [3.05, 3.63) is 77.6 Å². The molecule has 132 valence electrons. The molecule has 4 nitrogen and oxygen atoms in total. The number of aromatic nitrogens is 1. The Morgan fingerprint density at radius 2 is 1.69 bits per heavy atom. The van der Waals surface area contributed by atoms with Gasteiger partial charge in [-0.3, -0.25) is 4.79 Å². The molecule has 1 aliphatic rings. The summed E-state index contributed by atoms with van der Waals surface area (Å²) in [6.45, 7) is 0.605. The molecule has 1 aliphatic heterocycles. The van der Waals surface area contributed by atoms with Crippen LogP contribution in [0.3, 0.4) is 0 Å². The fourth-order valence-electron chi connectivity index (χ4n) is 3.32. The fraction of sp³-hybridized carbons (Fsp3) is 0.200. The molecule has 0 unspecified atom stereocenters. The third-order valence-electron chi connectivity index (χ3n) is 4.63. The van der Waals surface area contributed by atoms with Crippen molar-refractivity contribution in [2.24, 2.45) is 0 Å². The van der Waals surface area contributed by atoms with Gasteiger partial charge in [0.15, 0.2) is 0 Å². The Labute approximate surface area is 149 Å². The van der Waals surface area contributed by atoms with Crippen molar-refractivity contribution in [1.82, 2.24) is 10.1 Å². The van der Waals surface area contributed by atoms with E-state index in [1.165, 1.54) is 24.3 Å². The average molecular weight is 354 g/mol. The largest absolute Gasteiger partial charge is 0.350 e. The summed E-state index contributed by atoms with van der Waals surface area (Å²) >= 11 is 0. The summed E-state index contributed by atoms with van der Waals surface area (Å²) < 4.78 is 31.4. The molecule has 1 atom stereocenters. The number of rotatable bonds is 3. The van der Waals surface area contributed by atoms with Crippen molar-refractivity contribution in [2.75, 3.05) is 6.54 Å². The molecule has 3 aromatic rings. The van der Waals surface area contributed by atoms with Gasteiger partial charge in [-0.25, -0.2) is 8.78 Å². The summed E-state index contributed by atoms with van der Waals surface area (Å²) in [5, 5.41) is 3.92. The molecule has 2 heterocycles. The molecule has 0 bridgehead atoms. The van der Waals surface area contributed by atoms with Crippen LogP contribution in [0.15, 0.2) is 59.1 Å². The normalized spacial score (nSPS) is 16.8. The highest BCUT2D eigenvalue weighted by molar-refractivity contribution is 5.93. The number of nitrogens with zero attached hydrogens (tertiary/aromatic N) is 2. The first-order valence-electron chi connectivity index (χ1n) is 8.41. The van der Waals surface area contributed by atoms with Gasteiger partial charge in [0.05, 0.1) is 6.04 Å². The molecule has 6 heteroatoms. The maximum Gasteiger partial charge on any atom is 0.292 e. The predicted octanol–water partition coefficient (Wildman–Crippen LogP) is 4.60. The first-order valence-corrected chi connectivity index (χ1v) is 8.41. The molecule has 4 rings (SSSR count). The van der Waals surface area contributed by atoms with Gasteiger partial charge in [-0.2, -0.15) is 0 Å². The lowest BCUT2D eigenvalue weighted by atomic mass is 10.0. The van der Waals surface area contributed by atoms with Crippen molar-refractivity contribution >= 4 is 5.91 Å². The zero-order chi connectivity index (χ0) is 18.1. The Morgan fingerprint density at radius 1 is 1.04 bits per heavy atom. The average Bonchev–Trinajstić information content (AvgIpc) is 3.32. The van der Waals surface area contributed by atoms with Crippen LogP contribution in [0, 0.1) is 11.6 Å². The predicted molar refractivity (Wildman–Crippen MR) is 91.3 cm³/mol. The quantitative estimate of drug-likeness (QED) is 0.691. The standard InChI is InChI=1S/C20H16F2N2O2/c21-15-7-3-13(4-8-15)17-12-19(26-23-17)20(25)24-11-1-2-18(24)14-5-9-16(22)10-6-14/h3-10,12,18H,1-2,11H2/t18-/m1/s1. The van der Waals surface area contributed by atoms with E-state index in [2.05, 4.69) is 5.16 Å². The molecule has 0 aliphatic carbocycles. The number of halogens is 2. The van der Waals surface area contributed by atoms with Gasteiger partial charge < -0.3 is 9.42 Å². The van der Waals surface area contributed by atoms with E-state index < -0.39 is 0 Å². The number of carbonyl (C=O) groups is 1. The number of benzene rings is 2. The second-order valence-electron chi connectivity index (χ2n) is 6.29. The minimum Gasteiger partial charge on any atom is -0.350 e. The fourth-order valence-corrected chi connectivity index (χ4v) is 3.32. The van der Waals surface area contributed by atoms with E-state index in [0.717, 1.165) is 18.4 Å². The highest BCUT2D eigenvalue weighted by atomic mass is 19.1. The number of carbonyl (C=O) groups excluding carboxylic acids is 1. The molecule has 0 spiro atoms. The van der Waals surface area contributed by atoms with Crippen LogP contribution >= 0.6 is 0 Å². The molecule has 0 saturated carbocycles. The zero-order valence-electron chi connectivity index (χ0n) is 13.9. The third kappa shape index (κ3) is 3.10. The minimum absolute atomic E-state index is 0.109. The lowest BCUT2D eigenvalue weighted by Crippen LogP contribution is -2.30. The van der Waals surface area contributed by atoms with Gasteiger partial charge in [-0.1, -0.05) is 17.3 Å². The summed E-state index contributed by atoms with van der Waals surface area (Å²) in [5.41, 5.74) is 2.05. The van der Waals surface area contributed by atoms with E-state index in [9.17, 15) is 13.6 Å². The van der Waals surface area contributed by atoms with Gasteiger partial charge in [0.1, 0.15) is 17.3 Å². The highest BCUT2D eigenvalue weighted by Crippen LogP contribution is 2.33. The van der Waals surface area contributed by atoms with E-state index in [-0.39, 0.29) is 29.3 Å². The molecular formula is C20H16F2N2O2. The monoisotopic (exact) mass is 354 g/mol. The topological polar surface area (TPSA) is 46.3 Å². The third-order valence-corrected chi connectivity index (χ3v) is 4.63. The van der Waals surface area contributed by atoms with Gasteiger partial charge in [0.2, 0.25) is 5.76 Å². The molecular weight excluding hydrogens is 338 g/mol. The van der Waals surface area contributed by atoms with Gasteiger partial charge in [0, 0.05) is 18.2 Å². The highest BCUT2D eigenvalue weighted by Gasteiger charge is 2.32. The first kappa shape index (κ1) is 16.4. The summed E-state index contributed by atoms with van der Waals surface area (Å²) in [5.74, 6) is -0.757. The van der Waals surface area contributed by atoms with Crippen LogP contribution in [0.2, 0.25) is 0 Å². The molecule has 0 N–H and O–H groups in total. The van der Waals surface area contributed by atoms with Crippen LogP contribution in [0.4, 0.5) is 8.78 Å². The van der Waals surface area contributed by atoms with Crippen LogP contribution in [0.1, 0.15) is 35.0 Å². The molecule has 2 aromatic carbocycles. The van der Waals surface area contributed by atoms with Crippen LogP contribution in [0.25, 0.3) is 11.3 Å². The molecule has 1 amide bonds. The van der Waals surface area contributed by atoms with E-state index >= 15 is 0 Å². The van der Waals surface area contributed by atoms with Crippen LogP contribution < -0.4 is 0 Å². The van der Waals surface area contributed by atoms with Gasteiger partial charge in [0.25, 0.3) is 5.91 Å². The lowest BCUT2D eigenvalue weighted by Gasteiger charge is -2.23. The Morgan fingerprint density at radius 3 is 2.38 bits per heavy atom. The van der Waals surface area contributed by atoms with Crippen LogP contribution in [-0.4, -0.2) is 22.5 Å². The number of likely N-dealkylation sites (tertiary alicyclic amines) is 1. The first-order chi connectivity index (χ1) is 12.6. The molecule has 26 heavy (non-hydrogen) atoms. The lowest BCUT2D eigenvalue weighted by molar-refractivity contribution is 0.0693. The van der Waals surface area contributed by atoms with Crippen molar-refractivity contribution in [1.29, 1.82) is 0 Å². The Balaban J connectivity index is 1.57. The van der Waals surface area contributed by atoms with Crippen molar-refractivity contribution in [3.8, 4) is 11.3 Å². The van der Waals surface area contributed by atoms with E-state index in [1.807, 2.05) is 0 Å². The number of hydrogen-bond donors (Lipinski definition) is 0. The second-order valence-corrected chi connectivity index (χ2v) is 6.29. The maximum absolute atomic E-state index is 13.2. The molecule has 1 saturated heterocycles. The van der Waals surface area contributed by atoms with E-state index in [1.54, 1.807) is 35.2 Å². The van der Waals surface area contributed by atoms with Crippen molar-refractivity contribution in [2.45, 2.75) is 18.9 Å². The summed E-state index contributed by atoms with van der Waals surface area (Å²) in [6, 6.07) is 13.5. The van der Waals surface area contributed by atoms with Crippen molar-refractivity contribution < 1.29 is 18.1 Å². The SMILES string of the molecule is O=C(c1cc(-c2ccc(F)cc2)no1)N1CCC[C@@H]1c1ccc(F)cc1. The van der Waals surface area contributed by atoms with Gasteiger partial charge in [-0.05, 0) is 54.8 Å². The van der Waals surface area contributed by atoms with E-state index in [0.29, 0.717) is 17.8 Å². The summed E-state index contributed by atoms with van der Waals surface area (Å²) in [6.07, 6.45) is 1.68. The minimum atomic E-state index is -0.340. The zero-order valence-corrected chi connectivity index (χ0v) is 13.9. The molecule has 1 fully saturated rings. The smallest absolute Gasteiger partial charge is 0.292 e. The summed E-state index contributed by atoms with van der Waals surface area (Å²) in [4.78, 5) is 14.6. The van der Waals surface area contributed by atoms with E-state index in [4.69, 9.17) is 4.52 Å². The second kappa shape index (κ2) is 6.71. The number of hydrogen-bond acceptors (Lipinski definition) is 3. The van der Waals surface area contributed by atoms with Crippen LogP contribution in [-0.2, 0) is 0 Å². The Hall–Kier alpha value is -3.02. The molecule has 0 radical (unpaired) electrons. The Bertz CT molecular complexity index is 920. The summed E-state index contributed by atoms with van der Waals surface area (Å²) in [7, 11) is 0. The molecule has 1 aromatic heterocycles. The maximum atomic E-state index is 13.2.